The Labute approximate surface area is 121 Å². The van der Waals surface area contributed by atoms with E-state index in [9.17, 15) is 9.59 Å². The average Bonchev–Trinajstić information content (AvgIpc) is 2.26. The van der Waals surface area contributed by atoms with Gasteiger partial charge in [0.2, 0.25) is 0 Å². The number of aliphatic carboxylic acids is 1. The number of hydrogen-bond acceptors (Lipinski definition) is 3. The minimum absolute atomic E-state index is 0.0911. The van der Waals surface area contributed by atoms with Gasteiger partial charge in [0.05, 0.1) is 6.04 Å². The molecule has 0 aromatic carbocycles. The molecule has 0 fully saturated rings. The number of nitrogens with zero attached hydrogens (tertiary/aromatic N) is 1. The zero-order valence-electron chi connectivity index (χ0n) is 13.6. The van der Waals surface area contributed by atoms with Gasteiger partial charge in [-0.25, -0.2) is 9.59 Å². The van der Waals surface area contributed by atoms with Crippen molar-refractivity contribution in [3.63, 3.8) is 0 Å². The number of carbonyl (C=O) groups is 2. The monoisotopic (exact) mass is 285 g/mol. The second-order valence-electron chi connectivity index (χ2n) is 6.18. The molecule has 0 saturated heterocycles. The van der Waals surface area contributed by atoms with Crippen LogP contribution in [0.25, 0.3) is 0 Å². The quantitative estimate of drug-likeness (QED) is 0.787. The molecule has 0 bridgehead atoms. The lowest BCUT2D eigenvalue weighted by molar-refractivity contribution is -0.132. The van der Waals surface area contributed by atoms with Crippen molar-refractivity contribution in [2.45, 2.75) is 59.6 Å². The Morgan fingerprint density at radius 2 is 1.80 bits per heavy atom. The third kappa shape index (κ3) is 6.08. The van der Waals surface area contributed by atoms with E-state index >= 15 is 0 Å². The molecular formula is C15H27NO4. The highest BCUT2D eigenvalue weighted by Crippen LogP contribution is 2.18. The van der Waals surface area contributed by atoms with Crippen molar-refractivity contribution in [1.29, 1.82) is 0 Å². The number of ether oxygens (including phenoxy) is 1. The van der Waals surface area contributed by atoms with Gasteiger partial charge in [-0.1, -0.05) is 26.8 Å². The zero-order valence-corrected chi connectivity index (χ0v) is 13.6. The number of carbonyl (C=O) groups excluding carboxylic acids is 1. The highest BCUT2D eigenvalue weighted by Gasteiger charge is 2.26. The van der Waals surface area contributed by atoms with Crippen LogP contribution in [0, 0.1) is 5.92 Å². The van der Waals surface area contributed by atoms with Crippen molar-refractivity contribution < 1.29 is 19.4 Å². The van der Waals surface area contributed by atoms with Crippen LogP contribution in [-0.4, -0.2) is 40.8 Å². The predicted molar refractivity (Wildman–Crippen MR) is 78.6 cm³/mol. The van der Waals surface area contributed by atoms with Gasteiger partial charge in [0, 0.05) is 12.6 Å². The van der Waals surface area contributed by atoms with Gasteiger partial charge in [0.15, 0.2) is 0 Å². The molecule has 0 unspecified atom stereocenters. The zero-order chi connectivity index (χ0) is 16.1. The summed E-state index contributed by atoms with van der Waals surface area (Å²) < 4.78 is 5.32. The summed E-state index contributed by atoms with van der Waals surface area (Å²) in [5.74, 6) is -0.857. The van der Waals surface area contributed by atoms with Gasteiger partial charge < -0.3 is 14.7 Å². The van der Waals surface area contributed by atoms with Crippen LogP contribution in [0.2, 0.25) is 0 Å². The Bertz CT molecular complexity index is 380. The van der Waals surface area contributed by atoms with Gasteiger partial charge in [-0.05, 0) is 33.1 Å². The number of likely N-dealkylation sites (N-methyl/N-ethyl adjacent to an activating group) is 1. The molecule has 0 aliphatic rings. The fourth-order valence-electron chi connectivity index (χ4n) is 1.75. The molecule has 1 amide bonds. The minimum atomic E-state index is -0.948. The molecule has 0 heterocycles. The summed E-state index contributed by atoms with van der Waals surface area (Å²) in [4.78, 5) is 24.6. The topological polar surface area (TPSA) is 66.8 Å². The molecule has 1 atom stereocenters. The molecule has 0 aromatic rings. The van der Waals surface area contributed by atoms with E-state index in [1.54, 1.807) is 40.8 Å². The van der Waals surface area contributed by atoms with E-state index < -0.39 is 17.7 Å². The van der Waals surface area contributed by atoms with Crippen molar-refractivity contribution in [2.75, 3.05) is 7.05 Å². The van der Waals surface area contributed by atoms with Gasteiger partial charge >= 0.3 is 12.1 Å². The average molecular weight is 285 g/mol. The molecule has 5 nitrogen and oxygen atoms in total. The second kappa shape index (κ2) is 7.31. The first-order valence-electron chi connectivity index (χ1n) is 6.89. The Hall–Kier alpha value is -1.52. The van der Waals surface area contributed by atoms with Gasteiger partial charge in [-0.2, -0.15) is 0 Å². The molecule has 20 heavy (non-hydrogen) atoms. The summed E-state index contributed by atoms with van der Waals surface area (Å²) in [6, 6.07) is -0.309. The lowest BCUT2D eigenvalue weighted by Crippen LogP contribution is -2.42. The van der Waals surface area contributed by atoms with E-state index in [0.717, 1.165) is 0 Å². The summed E-state index contributed by atoms with van der Waals surface area (Å²) in [5.41, 5.74) is -0.268. The van der Waals surface area contributed by atoms with Crippen LogP contribution in [-0.2, 0) is 9.53 Å². The first-order valence-corrected chi connectivity index (χ1v) is 6.89. The first-order chi connectivity index (χ1) is 8.99. The van der Waals surface area contributed by atoms with Crippen molar-refractivity contribution in [3.8, 4) is 0 Å². The fourth-order valence-corrected chi connectivity index (χ4v) is 1.75. The molecule has 5 heteroatoms. The number of carboxylic acids is 1. The van der Waals surface area contributed by atoms with Crippen LogP contribution in [0.4, 0.5) is 4.79 Å². The Morgan fingerprint density at radius 1 is 1.30 bits per heavy atom. The Kier molecular flexibility index (Phi) is 6.76. The molecule has 116 valence electrons. The van der Waals surface area contributed by atoms with Crippen LogP contribution in [0.3, 0.4) is 0 Å². The summed E-state index contributed by atoms with van der Waals surface area (Å²) in [7, 11) is 1.63. The molecule has 0 spiro atoms. The van der Waals surface area contributed by atoms with E-state index in [4.69, 9.17) is 9.84 Å². The first kappa shape index (κ1) is 18.5. The van der Waals surface area contributed by atoms with Gasteiger partial charge in [0.1, 0.15) is 5.60 Å². The Morgan fingerprint density at radius 3 is 2.10 bits per heavy atom. The summed E-state index contributed by atoms with van der Waals surface area (Å²) in [6.07, 6.45) is 1.60. The molecular weight excluding hydrogens is 258 g/mol. The summed E-state index contributed by atoms with van der Waals surface area (Å²) in [6.45, 7) is 11.1. The molecule has 0 aliphatic carbocycles. The van der Waals surface area contributed by atoms with Crippen LogP contribution in [0.15, 0.2) is 11.6 Å². The third-order valence-electron chi connectivity index (χ3n) is 2.84. The minimum Gasteiger partial charge on any atom is -0.478 e. The van der Waals surface area contributed by atoms with E-state index in [1.807, 2.05) is 13.8 Å². The van der Waals surface area contributed by atoms with Crippen molar-refractivity contribution in [2.24, 2.45) is 5.92 Å². The highest BCUT2D eigenvalue weighted by molar-refractivity contribution is 5.86. The van der Waals surface area contributed by atoms with Crippen LogP contribution in [0.1, 0.15) is 48.0 Å². The second-order valence-corrected chi connectivity index (χ2v) is 6.18. The van der Waals surface area contributed by atoms with E-state index in [1.165, 1.54) is 4.90 Å². The largest absolute Gasteiger partial charge is 0.478 e. The summed E-state index contributed by atoms with van der Waals surface area (Å²) >= 11 is 0. The molecule has 0 radical (unpaired) electrons. The maximum Gasteiger partial charge on any atom is 0.410 e. The molecule has 1 N–H and O–H groups in total. The number of amides is 1. The van der Waals surface area contributed by atoms with Crippen molar-refractivity contribution >= 4 is 12.1 Å². The molecule has 0 rings (SSSR count). The summed E-state index contributed by atoms with van der Waals surface area (Å²) in [5, 5.41) is 9.11. The smallest absolute Gasteiger partial charge is 0.410 e. The number of carboxylic acid groups (broad SMARTS) is 1. The van der Waals surface area contributed by atoms with Gasteiger partial charge in [0.25, 0.3) is 0 Å². The number of rotatable bonds is 5. The molecule has 0 aromatic heterocycles. The lowest BCUT2D eigenvalue weighted by Gasteiger charge is -2.31. The Balaban J connectivity index is 5.19. The van der Waals surface area contributed by atoms with Gasteiger partial charge in [-0.3, -0.25) is 0 Å². The maximum atomic E-state index is 12.1. The van der Waals surface area contributed by atoms with Crippen molar-refractivity contribution in [3.05, 3.63) is 11.6 Å². The fraction of sp³-hybridized carbons (Fsp3) is 0.733. The highest BCUT2D eigenvalue weighted by atomic mass is 16.6. The SMILES string of the molecule is CC/C(=C\[C@H](C(C)C)N(C)C(=O)OC(C)(C)C)C(=O)O. The predicted octanol–water partition coefficient (Wildman–Crippen LogP) is 3.30. The van der Waals surface area contributed by atoms with E-state index in [-0.39, 0.29) is 12.0 Å². The molecule has 0 aliphatic heterocycles. The third-order valence-corrected chi connectivity index (χ3v) is 2.84. The van der Waals surface area contributed by atoms with Crippen molar-refractivity contribution in [1.82, 2.24) is 4.90 Å². The van der Waals surface area contributed by atoms with Gasteiger partial charge in [-0.15, -0.1) is 0 Å². The standard InChI is InChI=1S/C15H27NO4/c1-8-11(13(17)18)9-12(10(2)3)16(7)14(19)20-15(4,5)6/h9-10,12H,8H2,1-7H3,(H,17,18)/b11-9+/t12-/m1/s1. The lowest BCUT2D eigenvalue weighted by atomic mass is 9.99. The van der Waals surface area contributed by atoms with Crippen LogP contribution in [0.5, 0.6) is 0 Å². The number of hydrogen-bond donors (Lipinski definition) is 1. The van der Waals surface area contributed by atoms with Crippen LogP contribution < -0.4 is 0 Å². The van der Waals surface area contributed by atoms with Crippen LogP contribution >= 0.6 is 0 Å². The molecule has 0 saturated carbocycles. The normalized spacial score (nSPS) is 14.1. The maximum absolute atomic E-state index is 12.1. The van der Waals surface area contributed by atoms with E-state index in [0.29, 0.717) is 12.0 Å². The van der Waals surface area contributed by atoms with E-state index in [2.05, 4.69) is 0 Å².